The molecule has 0 aliphatic heterocycles. The molecule has 0 saturated carbocycles. The maximum Gasteiger partial charge on any atom is 0.233 e. The zero-order valence-corrected chi connectivity index (χ0v) is 13.9. The molecule has 0 heterocycles. The van der Waals surface area contributed by atoms with Crippen LogP contribution in [0.4, 0.5) is 5.69 Å². The fourth-order valence-corrected chi connectivity index (χ4v) is 1.89. The molecule has 0 aromatic heterocycles. The summed E-state index contributed by atoms with van der Waals surface area (Å²) in [6.07, 6.45) is 1.94. The van der Waals surface area contributed by atoms with Crippen molar-refractivity contribution in [3.8, 4) is 5.75 Å². The fourth-order valence-electron chi connectivity index (χ4n) is 1.89. The molecule has 1 aromatic rings. The van der Waals surface area contributed by atoms with Gasteiger partial charge in [0.2, 0.25) is 11.8 Å². The molecule has 0 saturated heterocycles. The number of carbonyl (C=O) groups is 2. The third kappa shape index (κ3) is 6.61. The van der Waals surface area contributed by atoms with E-state index in [4.69, 9.17) is 4.74 Å². The number of carbonyl (C=O) groups excluding carboxylic acids is 2. The zero-order valence-electron chi connectivity index (χ0n) is 13.9. The van der Waals surface area contributed by atoms with Crippen molar-refractivity contribution in [1.29, 1.82) is 0 Å². The van der Waals surface area contributed by atoms with Gasteiger partial charge in [-0.3, -0.25) is 9.59 Å². The number of hydrogen-bond acceptors (Lipinski definition) is 3. The smallest absolute Gasteiger partial charge is 0.233 e. The van der Waals surface area contributed by atoms with Gasteiger partial charge in [0.25, 0.3) is 0 Å². The van der Waals surface area contributed by atoms with Gasteiger partial charge in [-0.1, -0.05) is 13.3 Å². The summed E-state index contributed by atoms with van der Waals surface area (Å²) < 4.78 is 5.53. The Kier molecular flexibility index (Phi) is 7.43. The Hall–Kier alpha value is -2.04. The standard InChI is InChI=1S/C17H26N2O3/c1-5-6-11-19(4)17(21)12-16(20)18-14-7-9-15(10-8-14)22-13(2)3/h7-10,13H,5-6,11-12H2,1-4H3,(H,18,20). The Bertz CT molecular complexity index is 483. The zero-order chi connectivity index (χ0) is 16.5. The molecule has 0 radical (unpaired) electrons. The van der Waals surface area contributed by atoms with Gasteiger partial charge in [-0.15, -0.1) is 0 Å². The minimum atomic E-state index is -0.300. The van der Waals surface area contributed by atoms with E-state index in [2.05, 4.69) is 12.2 Å². The number of unbranched alkanes of at least 4 members (excludes halogenated alkanes) is 1. The monoisotopic (exact) mass is 306 g/mol. The van der Waals surface area contributed by atoms with E-state index >= 15 is 0 Å². The first-order chi connectivity index (χ1) is 10.4. The maximum absolute atomic E-state index is 11.9. The van der Waals surface area contributed by atoms with Crippen LogP contribution in [-0.2, 0) is 9.59 Å². The number of benzene rings is 1. The Morgan fingerprint density at radius 1 is 1.23 bits per heavy atom. The number of nitrogens with one attached hydrogen (secondary N) is 1. The van der Waals surface area contributed by atoms with Gasteiger partial charge in [-0.25, -0.2) is 0 Å². The lowest BCUT2D eigenvalue weighted by molar-refractivity contribution is -0.133. The summed E-state index contributed by atoms with van der Waals surface area (Å²) in [5.41, 5.74) is 0.658. The molecule has 5 heteroatoms. The number of ether oxygens (including phenoxy) is 1. The Labute approximate surface area is 132 Å². The molecule has 22 heavy (non-hydrogen) atoms. The summed E-state index contributed by atoms with van der Waals surface area (Å²) in [5.74, 6) is 0.292. The molecular weight excluding hydrogens is 280 g/mol. The Balaban J connectivity index is 2.46. The molecule has 1 aromatic carbocycles. The molecule has 5 nitrogen and oxygen atoms in total. The normalized spacial score (nSPS) is 10.4. The molecule has 2 amide bonds. The van der Waals surface area contributed by atoms with Crippen molar-refractivity contribution in [2.75, 3.05) is 18.9 Å². The third-order valence-corrected chi connectivity index (χ3v) is 3.09. The molecule has 1 N–H and O–H groups in total. The van der Waals surface area contributed by atoms with E-state index in [0.717, 1.165) is 18.6 Å². The molecule has 0 unspecified atom stereocenters. The number of amides is 2. The van der Waals surface area contributed by atoms with Crippen LogP contribution in [0, 0.1) is 0 Å². The first-order valence-corrected chi connectivity index (χ1v) is 7.73. The summed E-state index contributed by atoms with van der Waals surface area (Å²) in [6.45, 7) is 6.66. The second-order valence-corrected chi connectivity index (χ2v) is 5.58. The van der Waals surface area contributed by atoms with Crippen molar-refractivity contribution in [2.24, 2.45) is 0 Å². The van der Waals surface area contributed by atoms with Gasteiger partial charge < -0.3 is 15.0 Å². The van der Waals surface area contributed by atoms with Gasteiger partial charge in [0, 0.05) is 19.3 Å². The predicted octanol–water partition coefficient (Wildman–Crippen LogP) is 3.06. The van der Waals surface area contributed by atoms with Crippen molar-refractivity contribution in [1.82, 2.24) is 4.90 Å². The van der Waals surface area contributed by atoms with Gasteiger partial charge in [-0.2, -0.15) is 0 Å². The van der Waals surface area contributed by atoms with E-state index in [1.54, 1.807) is 36.2 Å². The molecular formula is C17H26N2O3. The summed E-state index contributed by atoms with van der Waals surface area (Å²) in [5, 5.41) is 2.72. The summed E-state index contributed by atoms with van der Waals surface area (Å²) in [4.78, 5) is 25.3. The van der Waals surface area contributed by atoms with Crippen LogP contribution in [0.25, 0.3) is 0 Å². The van der Waals surface area contributed by atoms with Crippen molar-refractivity contribution >= 4 is 17.5 Å². The van der Waals surface area contributed by atoms with Crippen LogP contribution in [0.15, 0.2) is 24.3 Å². The number of nitrogens with zero attached hydrogens (tertiary/aromatic N) is 1. The van der Waals surface area contributed by atoms with Crippen LogP contribution in [0.2, 0.25) is 0 Å². The van der Waals surface area contributed by atoms with Crippen LogP contribution in [-0.4, -0.2) is 36.4 Å². The first-order valence-electron chi connectivity index (χ1n) is 7.73. The average Bonchev–Trinajstić information content (AvgIpc) is 2.46. The van der Waals surface area contributed by atoms with Crippen LogP contribution >= 0.6 is 0 Å². The lowest BCUT2D eigenvalue weighted by atomic mass is 10.2. The lowest BCUT2D eigenvalue weighted by Gasteiger charge is -2.16. The second-order valence-electron chi connectivity index (χ2n) is 5.58. The van der Waals surface area contributed by atoms with Gasteiger partial charge in [0.05, 0.1) is 6.10 Å². The minimum absolute atomic E-state index is 0.108. The SMILES string of the molecule is CCCCN(C)C(=O)CC(=O)Nc1ccc(OC(C)C)cc1. The highest BCUT2D eigenvalue weighted by Gasteiger charge is 2.13. The summed E-state index contributed by atoms with van der Waals surface area (Å²) in [7, 11) is 1.73. The van der Waals surface area contributed by atoms with Crippen molar-refractivity contribution in [2.45, 2.75) is 46.1 Å². The third-order valence-electron chi connectivity index (χ3n) is 3.09. The van der Waals surface area contributed by atoms with E-state index in [0.29, 0.717) is 12.2 Å². The number of rotatable bonds is 8. The molecule has 122 valence electrons. The van der Waals surface area contributed by atoms with Crippen LogP contribution in [0.5, 0.6) is 5.75 Å². The van der Waals surface area contributed by atoms with E-state index < -0.39 is 0 Å². The molecule has 0 atom stereocenters. The highest BCUT2D eigenvalue weighted by Crippen LogP contribution is 2.17. The summed E-state index contributed by atoms with van der Waals surface area (Å²) >= 11 is 0. The molecule has 0 aliphatic rings. The average molecular weight is 306 g/mol. The van der Waals surface area contributed by atoms with Gasteiger partial charge in [-0.05, 0) is 44.5 Å². The lowest BCUT2D eigenvalue weighted by Crippen LogP contribution is -2.31. The molecule has 0 aliphatic carbocycles. The fraction of sp³-hybridized carbons (Fsp3) is 0.529. The van der Waals surface area contributed by atoms with Crippen LogP contribution in [0.3, 0.4) is 0 Å². The highest BCUT2D eigenvalue weighted by atomic mass is 16.5. The van der Waals surface area contributed by atoms with E-state index in [1.807, 2.05) is 13.8 Å². The van der Waals surface area contributed by atoms with Gasteiger partial charge in [0.15, 0.2) is 0 Å². The van der Waals surface area contributed by atoms with Crippen LogP contribution < -0.4 is 10.1 Å². The topological polar surface area (TPSA) is 58.6 Å². The maximum atomic E-state index is 11.9. The molecule has 0 bridgehead atoms. The Morgan fingerprint density at radius 3 is 2.41 bits per heavy atom. The van der Waals surface area contributed by atoms with E-state index in [9.17, 15) is 9.59 Å². The van der Waals surface area contributed by atoms with Gasteiger partial charge >= 0.3 is 0 Å². The molecule has 1 rings (SSSR count). The van der Waals surface area contributed by atoms with Crippen molar-refractivity contribution in [3.63, 3.8) is 0 Å². The van der Waals surface area contributed by atoms with Crippen LogP contribution in [0.1, 0.15) is 40.0 Å². The van der Waals surface area contributed by atoms with Crippen molar-refractivity contribution < 1.29 is 14.3 Å². The number of anilines is 1. The first kappa shape index (κ1) is 18.0. The summed E-state index contributed by atoms with van der Waals surface area (Å²) in [6, 6.07) is 7.12. The highest BCUT2D eigenvalue weighted by molar-refractivity contribution is 6.03. The van der Waals surface area contributed by atoms with E-state index in [1.165, 1.54) is 0 Å². The molecule has 0 spiro atoms. The van der Waals surface area contributed by atoms with Gasteiger partial charge in [0.1, 0.15) is 12.2 Å². The van der Waals surface area contributed by atoms with E-state index in [-0.39, 0.29) is 24.3 Å². The quantitative estimate of drug-likeness (QED) is 0.751. The largest absolute Gasteiger partial charge is 0.491 e. The molecule has 0 fully saturated rings. The van der Waals surface area contributed by atoms with Crippen molar-refractivity contribution in [3.05, 3.63) is 24.3 Å². The Morgan fingerprint density at radius 2 is 1.86 bits per heavy atom. The second kappa shape index (κ2) is 9.07. The minimum Gasteiger partial charge on any atom is -0.491 e. The predicted molar refractivity (Wildman–Crippen MR) is 88.0 cm³/mol. The number of hydrogen-bond donors (Lipinski definition) is 1.